The van der Waals surface area contributed by atoms with Crippen molar-refractivity contribution in [3.63, 3.8) is 0 Å². The number of ether oxygens (including phenoxy) is 2. The van der Waals surface area contributed by atoms with Crippen LogP contribution in [0.4, 0.5) is 4.79 Å². The smallest absolute Gasteiger partial charge is 0.407 e. The fourth-order valence-corrected chi connectivity index (χ4v) is 4.05. The third kappa shape index (κ3) is 7.13. The average molecular weight is 450 g/mol. The first-order valence-electron chi connectivity index (χ1n) is 11.7. The van der Waals surface area contributed by atoms with Crippen LogP contribution in [-0.2, 0) is 9.47 Å². The SMILES string of the molecule is CCNC(=NCC(c1ccc(C)o1)N1CCOCC1)N1CCC(NC(=O)OC(C)(C)C)C1. The van der Waals surface area contributed by atoms with Crippen molar-refractivity contribution in [3.8, 4) is 0 Å². The van der Waals surface area contributed by atoms with Gasteiger partial charge in [-0.3, -0.25) is 9.89 Å². The van der Waals surface area contributed by atoms with Crippen LogP contribution in [0.5, 0.6) is 0 Å². The Morgan fingerprint density at radius 1 is 1.28 bits per heavy atom. The lowest BCUT2D eigenvalue weighted by molar-refractivity contribution is 0.0135. The van der Waals surface area contributed by atoms with Crippen molar-refractivity contribution in [1.29, 1.82) is 0 Å². The molecule has 2 fully saturated rings. The van der Waals surface area contributed by atoms with Gasteiger partial charge in [-0.2, -0.15) is 0 Å². The highest BCUT2D eigenvalue weighted by Crippen LogP contribution is 2.24. The molecule has 32 heavy (non-hydrogen) atoms. The fraction of sp³-hybridized carbons (Fsp3) is 0.739. The second-order valence-corrected chi connectivity index (χ2v) is 9.39. The zero-order valence-electron chi connectivity index (χ0n) is 20.1. The zero-order chi connectivity index (χ0) is 23.1. The van der Waals surface area contributed by atoms with Crippen LogP contribution in [0.1, 0.15) is 51.7 Å². The number of rotatable bonds is 6. The number of nitrogens with zero attached hydrogens (tertiary/aromatic N) is 3. The minimum absolute atomic E-state index is 0.0384. The Morgan fingerprint density at radius 2 is 2.03 bits per heavy atom. The quantitative estimate of drug-likeness (QED) is 0.509. The number of carbonyl (C=O) groups excluding carboxylic acids is 1. The topological polar surface area (TPSA) is 91.6 Å². The highest BCUT2D eigenvalue weighted by atomic mass is 16.6. The lowest BCUT2D eigenvalue weighted by atomic mass is 10.1. The molecule has 9 heteroatoms. The van der Waals surface area contributed by atoms with E-state index < -0.39 is 5.60 Å². The van der Waals surface area contributed by atoms with Crippen LogP contribution in [0.2, 0.25) is 0 Å². The maximum absolute atomic E-state index is 12.1. The second-order valence-electron chi connectivity index (χ2n) is 9.39. The van der Waals surface area contributed by atoms with Gasteiger partial charge in [-0.15, -0.1) is 0 Å². The summed E-state index contributed by atoms with van der Waals surface area (Å²) in [4.78, 5) is 21.7. The molecule has 1 aromatic rings. The fourth-order valence-electron chi connectivity index (χ4n) is 4.05. The van der Waals surface area contributed by atoms with Gasteiger partial charge >= 0.3 is 6.09 Å². The first-order chi connectivity index (χ1) is 15.2. The summed E-state index contributed by atoms with van der Waals surface area (Å²) in [6.07, 6.45) is 0.486. The van der Waals surface area contributed by atoms with Gasteiger partial charge < -0.3 is 29.4 Å². The molecule has 1 amide bonds. The maximum Gasteiger partial charge on any atom is 0.407 e. The molecule has 2 aliphatic heterocycles. The average Bonchev–Trinajstić information content (AvgIpc) is 3.36. The highest BCUT2D eigenvalue weighted by Gasteiger charge is 2.29. The number of aryl methyl sites for hydroxylation is 1. The summed E-state index contributed by atoms with van der Waals surface area (Å²) >= 11 is 0. The predicted octanol–water partition coefficient (Wildman–Crippen LogP) is 2.53. The van der Waals surface area contributed by atoms with Crippen LogP contribution in [0.3, 0.4) is 0 Å². The molecule has 3 heterocycles. The number of furan rings is 1. The van der Waals surface area contributed by atoms with Crippen LogP contribution in [0.25, 0.3) is 0 Å². The summed E-state index contributed by atoms with van der Waals surface area (Å²) in [6.45, 7) is 15.7. The molecule has 2 atom stereocenters. The van der Waals surface area contributed by atoms with Crippen LogP contribution in [0, 0.1) is 6.92 Å². The van der Waals surface area contributed by atoms with Crippen LogP contribution < -0.4 is 10.6 Å². The Bertz CT molecular complexity index is 767. The number of morpholine rings is 1. The van der Waals surface area contributed by atoms with Gasteiger partial charge in [-0.05, 0) is 53.2 Å². The largest absolute Gasteiger partial charge is 0.465 e. The van der Waals surface area contributed by atoms with Crippen molar-refractivity contribution in [3.05, 3.63) is 23.7 Å². The summed E-state index contributed by atoms with van der Waals surface area (Å²) in [5.74, 6) is 2.71. The molecule has 0 saturated carbocycles. The summed E-state index contributed by atoms with van der Waals surface area (Å²) in [6, 6.07) is 4.16. The van der Waals surface area contributed by atoms with Gasteiger partial charge in [-0.1, -0.05) is 0 Å². The summed E-state index contributed by atoms with van der Waals surface area (Å²) in [5.41, 5.74) is -0.503. The summed E-state index contributed by atoms with van der Waals surface area (Å²) in [5, 5.41) is 6.39. The molecule has 2 unspecified atom stereocenters. The van der Waals surface area contributed by atoms with Crippen molar-refractivity contribution in [2.45, 2.75) is 58.7 Å². The van der Waals surface area contributed by atoms with E-state index in [0.29, 0.717) is 13.1 Å². The highest BCUT2D eigenvalue weighted by molar-refractivity contribution is 5.80. The molecule has 0 spiro atoms. The van der Waals surface area contributed by atoms with Gasteiger partial charge in [0.05, 0.1) is 31.8 Å². The van der Waals surface area contributed by atoms with Crippen LogP contribution >= 0.6 is 0 Å². The molecular formula is C23H39N5O4. The first-order valence-corrected chi connectivity index (χ1v) is 11.7. The van der Waals surface area contributed by atoms with E-state index in [2.05, 4.69) is 33.4 Å². The number of carbonyl (C=O) groups is 1. The standard InChI is InChI=1S/C23H39N5O4/c1-6-24-21(28-10-9-18(16-28)26-22(29)32-23(3,4)5)25-15-19(20-8-7-17(2)31-20)27-11-13-30-14-12-27/h7-8,18-19H,6,9-16H2,1-5H3,(H,24,25)(H,26,29). The van der Waals surface area contributed by atoms with E-state index in [1.165, 1.54) is 0 Å². The minimum Gasteiger partial charge on any atom is -0.465 e. The number of alkyl carbamates (subject to hydrolysis) is 1. The number of likely N-dealkylation sites (tertiary alicyclic amines) is 1. The second kappa shape index (κ2) is 11.0. The van der Waals surface area contributed by atoms with Gasteiger partial charge in [0.25, 0.3) is 0 Å². The molecule has 9 nitrogen and oxygen atoms in total. The van der Waals surface area contributed by atoms with E-state index in [1.807, 2.05) is 33.8 Å². The Morgan fingerprint density at radius 3 is 2.66 bits per heavy atom. The van der Waals surface area contributed by atoms with Gasteiger partial charge in [0.1, 0.15) is 17.1 Å². The molecule has 0 aliphatic carbocycles. The number of hydrogen-bond donors (Lipinski definition) is 2. The Labute approximate surface area is 191 Å². The third-order valence-electron chi connectivity index (χ3n) is 5.53. The summed E-state index contributed by atoms with van der Waals surface area (Å²) < 4.78 is 16.9. The van der Waals surface area contributed by atoms with Gasteiger partial charge in [-0.25, -0.2) is 4.79 Å². The molecule has 180 valence electrons. The Balaban J connectivity index is 1.65. The van der Waals surface area contributed by atoms with Crippen LogP contribution in [-0.4, -0.2) is 86.0 Å². The number of aliphatic imine (C=N–C) groups is 1. The number of guanidine groups is 1. The normalized spacial score (nSPS) is 21.5. The van der Waals surface area contributed by atoms with E-state index in [-0.39, 0.29) is 18.2 Å². The summed E-state index contributed by atoms with van der Waals surface area (Å²) in [7, 11) is 0. The van der Waals surface area contributed by atoms with E-state index >= 15 is 0 Å². The van der Waals surface area contributed by atoms with Crippen molar-refractivity contribution in [1.82, 2.24) is 20.4 Å². The van der Waals surface area contributed by atoms with E-state index in [0.717, 1.165) is 63.3 Å². The monoisotopic (exact) mass is 449 g/mol. The lowest BCUT2D eigenvalue weighted by Gasteiger charge is -2.33. The lowest BCUT2D eigenvalue weighted by Crippen LogP contribution is -2.45. The molecule has 2 saturated heterocycles. The van der Waals surface area contributed by atoms with Crippen molar-refractivity contribution < 1.29 is 18.7 Å². The number of amides is 1. The third-order valence-corrected chi connectivity index (χ3v) is 5.53. The minimum atomic E-state index is -0.503. The Hall–Kier alpha value is -2.26. The maximum atomic E-state index is 12.1. The van der Waals surface area contributed by atoms with Crippen molar-refractivity contribution in [2.75, 3.05) is 52.5 Å². The molecule has 1 aromatic heterocycles. The molecule has 2 aliphatic rings. The van der Waals surface area contributed by atoms with Crippen molar-refractivity contribution >= 4 is 12.1 Å². The predicted molar refractivity (Wildman–Crippen MR) is 124 cm³/mol. The van der Waals surface area contributed by atoms with E-state index in [9.17, 15) is 4.79 Å². The molecule has 0 bridgehead atoms. The van der Waals surface area contributed by atoms with E-state index in [1.54, 1.807) is 0 Å². The molecule has 0 aromatic carbocycles. The van der Waals surface area contributed by atoms with Gasteiger partial charge in [0.2, 0.25) is 0 Å². The molecular weight excluding hydrogens is 410 g/mol. The van der Waals surface area contributed by atoms with Gasteiger partial charge in [0, 0.05) is 32.7 Å². The van der Waals surface area contributed by atoms with E-state index in [4.69, 9.17) is 18.9 Å². The molecule has 0 radical (unpaired) electrons. The molecule has 3 rings (SSSR count). The number of nitrogens with one attached hydrogen (secondary N) is 2. The van der Waals surface area contributed by atoms with Crippen LogP contribution in [0.15, 0.2) is 21.5 Å². The first kappa shape index (κ1) is 24.4. The number of hydrogen-bond acceptors (Lipinski definition) is 6. The van der Waals surface area contributed by atoms with Crippen molar-refractivity contribution in [2.24, 2.45) is 4.99 Å². The Kier molecular flexibility index (Phi) is 8.42. The van der Waals surface area contributed by atoms with Gasteiger partial charge in [0.15, 0.2) is 5.96 Å². The molecule has 2 N–H and O–H groups in total. The zero-order valence-corrected chi connectivity index (χ0v) is 20.1.